The van der Waals surface area contributed by atoms with Crippen molar-refractivity contribution in [3.8, 4) is 0 Å². The number of aliphatic imine (C=N–C) groups is 1. The smallest absolute Gasteiger partial charge is 0.191 e. The van der Waals surface area contributed by atoms with Gasteiger partial charge in [0, 0.05) is 31.7 Å². The van der Waals surface area contributed by atoms with Crippen LogP contribution in [0.5, 0.6) is 0 Å². The molecule has 4 heteroatoms. The molecule has 0 bridgehead atoms. The maximum absolute atomic E-state index is 6.02. The molecule has 1 saturated heterocycles. The average molecular weight is 283 g/mol. The van der Waals surface area contributed by atoms with Crippen molar-refractivity contribution in [2.24, 2.45) is 16.3 Å². The fourth-order valence-electron chi connectivity index (χ4n) is 2.79. The Kier molecular flexibility index (Phi) is 6.80. The van der Waals surface area contributed by atoms with Crippen molar-refractivity contribution in [1.29, 1.82) is 0 Å². The second-order valence-electron chi connectivity index (χ2n) is 7.08. The molecule has 0 spiro atoms. The third-order valence-electron chi connectivity index (χ3n) is 3.55. The van der Waals surface area contributed by atoms with Gasteiger partial charge in [0.2, 0.25) is 0 Å². The van der Waals surface area contributed by atoms with Gasteiger partial charge in [-0.2, -0.15) is 0 Å². The lowest BCUT2D eigenvalue weighted by atomic mass is 9.78. The summed E-state index contributed by atoms with van der Waals surface area (Å²) in [4.78, 5) is 4.76. The van der Waals surface area contributed by atoms with Crippen LogP contribution in [0.1, 0.15) is 54.4 Å². The Balaban J connectivity index is 2.67. The van der Waals surface area contributed by atoms with E-state index in [-0.39, 0.29) is 5.41 Å². The van der Waals surface area contributed by atoms with E-state index in [1.165, 1.54) is 6.42 Å². The minimum atomic E-state index is 0.185. The normalized spacial score (nSPS) is 24.9. The first kappa shape index (κ1) is 17.3. The van der Waals surface area contributed by atoms with Crippen LogP contribution in [-0.4, -0.2) is 37.8 Å². The van der Waals surface area contributed by atoms with Gasteiger partial charge < -0.3 is 15.4 Å². The molecule has 1 aliphatic rings. The number of hydrogen-bond donors (Lipinski definition) is 2. The monoisotopic (exact) mass is 283 g/mol. The number of nitrogens with one attached hydrogen (secondary N) is 2. The Hall–Kier alpha value is -0.770. The van der Waals surface area contributed by atoms with Crippen molar-refractivity contribution < 1.29 is 4.74 Å². The summed E-state index contributed by atoms with van der Waals surface area (Å²) in [6.45, 7) is 15.8. The highest BCUT2D eigenvalue weighted by Gasteiger charge is 2.35. The largest absolute Gasteiger partial charge is 0.377 e. The maximum Gasteiger partial charge on any atom is 0.191 e. The summed E-state index contributed by atoms with van der Waals surface area (Å²) < 4.78 is 6.02. The van der Waals surface area contributed by atoms with Crippen molar-refractivity contribution in [3.05, 3.63) is 0 Å². The van der Waals surface area contributed by atoms with Gasteiger partial charge in [0.25, 0.3) is 0 Å². The number of ether oxygens (including phenoxy) is 1. The predicted octanol–water partition coefficient (Wildman–Crippen LogP) is 2.79. The quantitative estimate of drug-likeness (QED) is 0.616. The molecule has 2 atom stereocenters. The van der Waals surface area contributed by atoms with Crippen LogP contribution in [0.4, 0.5) is 0 Å². The molecule has 20 heavy (non-hydrogen) atoms. The number of guanidine groups is 1. The first-order valence-electron chi connectivity index (χ1n) is 8.01. The molecule has 0 radical (unpaired) electrons. The highest BCUT2D eigenvalue weighted by Crippen LogP contribution is 2.34. The zero-order chi connectivity index (χ0) is 15.2. The van der Waals surface area contributed by atoms with Crippen molar-refractivity contribution >= 4 is 5.96 Å². The van der Waals surface area contributed by atoms with E-state index in [0.29, 0.717) is 18.1 Å². The molecule has 1 aliphatic heterocycles. The molecule has 0 aromatic heterocycles. The van der Waals surface area contributed by atoms with Gasteiger partial charge in [0.05, 0.1) is 6.10 Å². The fourth-order valence-corrected chi connectivity index (χ4v) is 2.79. The lowest BCUT2D eigenvalue weighted by Gasteiger charge is -2.39. The Morgan fingerprint density at radius 2 is 2.05 bits per heavy atom. The molecule has 0 aromatic carbocycles. The standard InChI is InChI=1S/C16H33N3O/c1-7-17-15(19-12(2)3)18-11-13-9-8-10-20-14(13)16(4,5)6/h12-14H,7-11H2,1-6H3,(H2,17,18,19). The van der Waals surface area contributed by atoms with Crippen LogP contribution in [0.25, 0.3) is 0 Å². The third-order valence-corrected chi connectivity index (χ3v) is 3.55. The van der Waals surface area contributed by atoms with E-state index < -0.39 is 0 Å². The van der Waals surface area contributed by atoms with Gasteiger partial charge in [0.1, 0.15) is 0 Å². The molecular formula is C16H33N3O. The first-order chi connectivity index (χ1) is 9.34. The van der Waals surface area contributed by atoms with E-state index in [9.17, 15) is 0 Å². The molecule has 0 aromatic rings. The second kappa shape index (κ2) is 7.87. The number of rotatable bonds is 4. The minimum Gasteiger partial charge on any atom is -0.377 e. The van der Waals surface area contributed by atoms with E-state index >= 15 is 0 Å². The van der Waals surface area contributed by atoms with Crippen LogP contribution in [-0.2, 0) is 4.74 Å². The summed E-state index contributed by atoms with van der Waals surface area (Å²) >= 11 is 0. The molecule has 118 valence electrons. The number of hydrogen-bond acceptors (Lipinski definition) is 2. The molecule has 1 rings (SSSR count). The maximum atomic E-state index is 6.02. The lowest BCUT2D eigenvalue weighted by molar-refractivity contribution is -0.0823. The SMILES string of the molecule is CCNC(=NCC1CCCOC1C(C)(C)C)NC(C)C. The molecule has 2 N–H and O–H groups in total. The van der Waals surface area contributed by atoms with E-state index in [0.717, 1.165) is 32.1 Å². The minimum absolute atomic E-state index is 0.185. The van der Waals surface area contributed by atoms with Gasteiger partial charge in [-0.25, -0.2) is 0 Å². The van der Waals surface area contributed by atoms with Crippen LogP contribution in [0.3, 0.4) is 0 Å². The Bertz CT molecular complexity index is 307. The van der Waals surface area contributed by atoms with Crippen molar-refractivity contribution in [2.75, 3.05) is 19.7 Å². The van der Waals surface area contributed by atoms with Crippen molar-refractivity contribution in [1.82, 2.24) is 10.6 Å². The van der Waals surface area contributed by atoms with E-state index in [4.69, 9.17) is 9.73 Å². The van der Waals surface area contributed by atoms with Crippen LogP contribution >= 0.6 is 0 Å². The van der Waals surface area contributed by atoms with Gasteiger partial charge in [-0.3, -0.25) is 4.99 Å². The number of nitrogens with zero attached hydrogens (tertiary/aromatic N) is 1. The average Bonchev–Trinajstić information content (AvgIpc) is 2.35. The summed E-state index contributed by atoms with van der Waals surface area (Å²) in [6.07, 6.45) is 2.68. The Morgan fingerprint density at radius 3 is 2.60 bits per heavy atom. The Morgan fingerprint density at radius 1 is 1.35 bits per heavy atom. The third kappa shape index (κ3) is 5.70. The topological polar surface area (TPSA) is 45.7 Å². The summed E-state index contributed by atoms with van der Waals surface area (Å²) in [6, 6.07) is 0.397. The van der Waals surface area contributed by atoms with Gasteiger partial charge >= 0.3 is 0 Å². The molecule has 1 heterocycles. The highest BCUT2D eigenvalue weighted by molar-refractivity contribution is 5.79. The molecule has 2 unspecified atom stereocenters. The van der Waals surface area contributed by atoms with Crippen LogP contribution in [0, 0.1) is 11.3 Å². The summed E-state index contributed by atoms with van der Waals surface area (Å²) in [7, 11) is 0. The molecule has 0 amide bonds. The Labute approximate surface area is 124 Å². The highest BCUT2D eigenvalue weighted by atomic mass is 16.5. The summed E-state index contributed by atoms with van der Waals surface area (Å²) in [5, 5.41) is 6.68. The molecule has 1 fully saturated rings. The summed E-state index contributed by atoms with van der Waals surface area (Å²) in [5.41, 5.74) is 0.185. The molecule has 0 saturated carbocycles. The van der Waals surface area contributed by atoms with Crippen molar-refractivity contribution in [3.63, 3.8) is 0 Å². The molecule has 0 aliphatic carbocycles. The van der Waals surface area contributed by atoms with E-state index in [1.54, 1.807) is 0 Å². The zero-order valence-electron chi connectivity index (χ0n) is 14.1. The second-order valence-corrected chi connectivity index (χ2v) is 7.08. The first-order valence-corrected chi connectivity index (χ1v) is 8.01. The molecule has 4 nitrogen and oxygen atoms in total. The predicted molar refractivity (Wildman–Crippen MR) is 86.2 cm³/mol. The fraction of sp³-hybridized carbons (Fsp3) is 0.938. The van der Waals surface area contributed by atoms with Crippen molar-refractivity contribution in [2.45, 2.75) is 66.5 Å². The van der Waals surface area contributed by atoms with E-state index in [2.05, 4.69) is 52.2 Å². The van der Waals surface area contributed by atoms with Gasteiger partial charge in [-0.1, -0.05) is 20.8 Å². The van der Waals surface area contributed by atoms with Gasteiger partial charge in [-0.15, -0.1) is 0 Å². The van der Waals surface area contributed by atoms with E-state index in [1.807, 2.05) is 0 Å². The van der Waals surface area contributed by atoms with Crippen LogP contribution < -0.4 is 10.6 Å². The van der Waals surface area contributed by atoms with Crippen LogP contribution in [0.2, 0.25) is 0 Å². The van der Waals surface area contributed by atoms with Crippen LogP contribution in [0.15, 0.2) is 4.99 Å². The lowest BCUT2D eigenvalue weighted by Crippen LogP contribution is -2.44. The summed E-state index contributed by atoms with van der Waals surface area (Å²) in [5.74, 6) is 1.44. The molecular weight excluding hydrogens is 250 g/mol. The zero-order valence-corrected chi connectivity index (χ0v) is 14.1. The van der Waals surface area contributed by atoms with Gasteiger partial charge in [0.15, 0.2) is 5.96 Å². The van der Waals surface area contributed by atoms with Gasteiger partial charge in [-0.05, 0) is 39.0 Å².